The maximum atomic E-state index is 11.7. The third-order valence-corrected chi connectivity index (χ3v) is 4.89. The third-order valence-electron chi connectivity index (χ3n) is 2.35. The number of aromatic nitrogens is 3. The Balaban J connectivity index is 2.55. The Morgan fingerprint density at radius 3 is 2.65 bits per heavy atom. The van der Waals surface area contributed by atoms with Gasteiger partial charge in [-0.25, -0.2) is 13.4 Å². The van der Waals surface area contributed by atoms with E-state index in [9.17, 15) is 16.8 Å². The molecule has 0 saturated carbocycles. The first-order chi connectivity index (χ1) is 9.23. The Morgan fingerprint density at radius 2 is 2.05 bits per heavy atom. The van der Waals surface area contributed by atoms with Crippen LogP contribution < -0.4 is 0 Å². The van der Waals surface area contributed by atoms with Crippen molar-refractivity contribution in [2.24, 2.45) is 0 Å². The molecule has 0 bridgehead atoms. The van der Waals surface area contributed by atoms with Crippen molar-refractivity contribution in [1.82, 2.24) is 15.2 Å². The summed E-state index contributed by atoms with van der Waals surface area (Å²) < 4.78 is 50.1. The summed E-state index contributed by atoms with van der Waals surface area (Å²) in [5.41, 5.74) is 0.524. The maximum Gasteiger partial charge on any atom is 0.264 e. The minimum atomic E-state index is -3.74. The number of aromatic amines is 1. The summed E-state index contributed by atoms with van der Waals surface area (Å²) in [5.74, 6) is 0. The molecule has 0 aliphatic carbocycles. The van der Waals surface area contributed by atoms with Crippen molar-refractivity contribution in [2.75, 3.05) is 11.5 Å². The lowest BCUT2D eigenvalue weighted by molar-refractivity contribution is 0.307. The number of hydrogen-bond acceptors (Lipinski definition) is 7. The number of nitrogens with zero attached hydrogens (tertiary/aromatic N) is 2. The van der Waals surface area contributed by atoms with E-state index < -0.39 is 31.8 Å². The Labute approximate surface area is 120 Å². The first-order valence-corrected chi connectivity index (χ1v) is 9.19. The summed E-state index contributed by atoms with van der Waals surface area (Å²) in [6.07, 6.45) is 2.28. The molecule has 8 nitrogen and oxygen atoms in total. The van der Waals surface area contributed by atoms with Gasteiger partial charge in [-0.2, -0.15) is 13.5 Å². The van der Waals surface area contributed by atoms with Crippen LogP contribution in [0.1, 0.15) is 5.69 Å². The molecule has 0 unspecified atom stereocenters. The zero-order valence-electron chi connectivity index (χ0n) is 10.2. The van der Waals surface area contributed by atoms with Crippen LogP contribution in [0.3, 0.4) is 0 Å². The van der Waals surface area contributed by atoms with Crippen LogP contribution in [0.25, 0.3) is 10.9 Å². The molecular weight excluding hydrogens is 330 g/mol. The van der Waals surface area contributed by atoms with Crippen molar-refractivity contribution in [1.29, 1.82) is 0 Å². The number of hydrogen-bond donors (Lipinski definition) is 1. The summed E-state index contributed by atoms with van der Waals surface area (Å²) in [5, 5.41) is 5.95. The number of halogens is 1. The molecule has 0 aromatic carbocycles. The molecule has 0 radical (unpaired) electrons. The van der Waals surface area contributed by atoms with Crippen molar-refractivity contribution in [2.45, 2.75) is 11.6 Å². The number of pyridine rings is 1. The summed E-state index contributed by atoms with van der Waals surface area (Å²) in [6.45, 7) is -0.400. The van der Waals surface area contributed by atoms with Gasteiger partial charge in [-0.05, 0) is 6.07 Å². The van der Waals surface area contributed by atoms with E-state index in [4.69, 9.17) is 11.6 Å². The average Bonchev–Trinajstić information content (AvgIpc) is 2.83. The smallest absolute Gasteiger partial charge is 0.264 e. The molecule has 20 heavy (non-hydrogen) atoms. The minimum Gasteiger partial charge on any atom is -0.276 e. The van der Waals surface area contributed by atoms with Crippen LogP contribution in [0.2, 0.25) is 0 Å². The predicted molar refractivity (Wildman–Crippen MR) is 71.4 cm³/mol. The van der Waals surface area contributed by atoms with Gasteiger partial charge in [0.25, 0.3) is 10.1 Å². The summed E-state index contributed by atoms with van der Waals surface area (Å²) >= 11 is 5.38. The van der Waals surface area contributed by atoms with Gasteiger partial charge in [-0.3, -0.25) is 9.28 Å². The van der Waals surface area contributed by atoms with Crippen molar-refractivity contribution in [3.05, 3.63) is 18.0 Å². The van der Waals surface area contributed by atoms with Crippen molar-refractivity contribution >= 4 is 42.5 Å². The van der Waals surface area contributed by atoms with Gasteiger partial charge < -0.3 is 0 Å². The molecule has 2 aromatic heterocycles. The largest absolute Gasteiger partial charge is 0.276 e. The van der Waals surface area contributed by atoms with Crippen LogP contribution in [-0.4, -0.2) is 43.5 Å². The lowest BCUT2D eigenvalue weighted by atomic mass is 10.2. The van der Waals surface area contributed by atoms with Gasteiger partial charge in [0.15, 0.2) is 5.03 Å². The number of sulfone groups is 1. The standard InChI is InChI=1S/C9H10ClN3O5S2/c1-19(14,15)18-4-7-9-6(3-11-13-9)2-8(12-7)20(16,17)5-10/h2-3H,4-5H2,1H3,(H,11,13). The topological polar surface area (TPSA) is 119 Å². The third kappa shape index (κ3) is 3.26. The normalized spacial score (nSPS) is 12.9. The minimum absolute atomic E-state index is 0.120. The maximum absolute atomic E-state index is 11.7. The molecule has 0 aliphatic heterocycles. The molecule has 11 heteroatoms. The first kappa shape index (κ1) is 15.2. The molecule has 0 amide bonds. The zero-order valence-corrected chi connectivity index (χ0v) is 12.6. The second-order valence-corrected chi connectivity index (χ2v) is 8.10. The lowest BCUT2D eigenvalue weighted by Gasteiger charge is -2.06. The fourth-order valence-electron chi connectivity index (χ4n) is 1.47. The van der Waals surface area contributed by atoms with Gasteiger partial charge in [-0.15, -0.1) is 11.6 Å². The van der Waals surface area contributed by atoms with E-state index in [0.717, 1.165) is 6.26 Å². The summed E-state index contributed by atoms with van der Waals surface area (Å²) in [7, 11) is -7.41. The summed E-state index contributed by atoms with van der Waals surface area (Å²) in [6, 6.07) is 1.31. The molecular formula is C9H10ClN3O5S2. The number of rotatable bonds is 5. The molecule has 1 N–H and O–H groups in total. The molecule has 0 spiro atoms. The Hall–Kier alpha value is -1.23. The van der Waals surface area contributed by atoms with E-state index in [1.807, 2.05) is 0 Å². The van der Waals surface area contributed by atoms with Gasteiger partial charge in [0.1, 0.15) is 11.8 Å². The molecule has 0 aliphatic rings. The molecule has 0 atom stereocenters. The Morgan fingerprint density at radius 1 is 1.35 bits per heavy atom. The highest BCUT2D eigenvalue weighted by Gasteiger charge is 2.19. The summed E-state index contributed by atoms with van der Waals surface area (Å²) in [4.78, 5) is 3.89. The number of H-pyrrole nitrogens is 1. The second kappa shape index (κ2) is 5.28. The van der Waals surface area contributed by atoms with E-state index in [1.165, 1.54) is 12.3 Å². The van der Waals surface area contributed by atoms with E-state index in [2.05, 4.69) is 19.4 Å². The SMILES string of the molecule is CS(=O)(=O)OCc1nc(S(=O)(=O)CCl)cc2cn[nH]c12. The fraction of sp³-hybridized carbons (Fsp3) is 0.333. The van der Waals surface area contributed by atoms with Crippen LogP contribution >= 0.6 is 11.6 Å². The molecule has 0 saturated heterocycles. The van der Waals surface area contributed by atoms with Gasteiger partial charge in [-0.1, -0.05) is 0 Å². The predicted octanol–water partition coefficient (Wildman–Crippen LogP) is 0.404. The Bertz CT molecular complexity index is 844. The van der Waals surface area contributed by atoms with E-state index in [1.54, 1.807) is 0 Å². The highest BCUT2D eigenvalue weighted by Crippen LogP contribution is 2.21. The van der Waals surface area contributed by atoms with Gasteiger partial charge in [0.05, 0.1) is 23.7 Å². The molecule has 2 aromatic rings. The van der Waals surface area contributed by atoms with E-state index in [0.29, 0.717) is 10.9 Å². The molecule has 0 fully saturated rings. The van der Waals surface area contributed by atoms with Crippen LogP contribution in [0.4, 0.5) is 0 Å². The van der Waals surface area contributed by atoms with Crippen LogP contribution in [-0.2, 0) is 30.7 Å². The molecule has 2 rings (SSSR count). The Kier molecular flexibility index (Phi) is 4.00. The van der Waals surface area contributed by atoms with Crippen LogP contribution in [0.15, 0.2) is 17.3 Å². The average molecular weight is 340 g/mol. The van der Waals surface area contributed by atoms with Gasteiger partial charge >= 0.3 is 0 Å². The monoisotopic (exact) mass is 339 g/mol. The van der Waals surface area contributed by atoms with Crippen molar-refractivity contribution in [3.63, 3.8) is 0 Å². The lowest BCUT2D eigenvalue weighted by Crippen LogP contribution is -2.09. The van der Waals surface area contributed by atoms with Crippen molar-refractivity contribution in [3.8, 4) is 0 Å². The highest BCUT2D eigenvalue weighted by molar-refractivity contribution is 7.92. The van der Waals surface area contributed by atoms with E-state index >= 15 is 0 Å². The highest BCUT2D eigenvalue weighted by atomic mass is 35.5. The van der Waals surface area contributed by atoms with Gasteiger partial charge in [0.2, 0.25) is 9.84 Å². The molecule has 110 valence electrons. The van der Waals surface area contributed by atoms with Crippen LogP contribution in [0.5, 0.6) is 0 Å². The van der Waals surface area contributed by atoms with Gasteiger partial charge in [0, 0.05) is 5.39 Å². The van der Waals surface area contributed by atoms with Crippen molar-refractivity contribution < 1.29 is 21.0 Å². The number of fused-ring (bicyclic) bond motifs is 1. The second-order valence-electron chi connectivity index (χ2n) is 3.93. The zero-order chi connectivity index (χ0) is 15.0. The fourth-order valence-corrected chi connectivity index (χ4v) is 2.80. The number of nitrogens with one attached hydrogen (secondary N) is 1. The first-order valence-electron chi connectivity index (χ1n) is 5.19. The molecule has 2 heterocycles. The number of alkyl halides is 1. The quantitative estimate of drug-likeness (QED) is 0.618. The van der Waals surface area contributed by atoms with E-state index in [-0.39, 0.29) is 10.7 Å². The van der Waals surface area contributed by atoms with Crippen LogP contribution in [0, 0.1) is 0 Å².